The molecule has 0 saturated heterocycles. The fraction of sp³-hybridized carbons (Fsp3) is 0.444. The van der Waals surface area contributed by atoms with Gasteiger partial charge < -0.3 is 10.2 Å². The number of rotatable bonds is 1. The zero-order chi connectivity index (χ0) is 9.30. The van der Waals surface area contributed by atoms with Gasteiger partial charge in [-0.05, 0) is 31.1 Å². The normalized spacial score (nSPS) is 23.9. The summed E-state index contributed by atoms with van der Waals surface area (Å²) < 4.78 is 0. The third kappa shape index (κ3) is 1.56. The maximum absolute atomic E-state index is 10.9. The molecule has 1 atom stereocenters. The van der Waals surface area contributed by atoms with E-state index in [-0.39, 0.29) is 18.0 Å². The zero-order valence-electron chi connectivity index (χ0n) is 7.16. The number of allylic oxidation sites excluding steroid dienone is 2. The number of carbonyl (C=O) groups is 1. The Morgan fingerprint density at radius 2 is 2.25 bits per heavy atom. The molecule has 0 spiro atoms. The van der Waals surface area contributed by atoms with E-state index in [1.807, 2.05) is 0 Å². The quantitative estimate of drug-likeness (QED) is 0.616. The molecule has 1 rings (SSSR count). The Bertz CT molecular complexity index is 273. The first-order valence-corrected chi connectivity index (χ1v) is 3.81. The van der Waals surface area contributed by atoms with E-state index in [1.165, 1.54) is 6.92 Å². The van der Waals surface area contributed by atoms with E-state index < -0.39 is 6.10 Å². The lowest BCUT2D eigenvalue weighted by molar-refractivity contribution is -0.114. The molecule has 66 valence electrons. The lowest BCUT2D eigenvalue weighted by Crippen LogP contribution is -2.18. The minimum atomic E-state index is -0.908. The lowest BCUT2D eigenvalue weighted by Gasteiger charge is -2.17. The predicted molar refractivity (Wildman–Crippen MR) is 44.7 cm³/mol. The molecular weight excluding hydrogens is 156 g/mol. The second-order valence-corrected chi connectivity index (χ2v) is 3.01. The van der Waals surface area contributed by atoms with Crippen molar-refractivity contribution in [1.29, 1.82) is 0 Å². The Morgan fingerprint density at radius 3 is 2.67 bits per heavy atom. The average Bonchev–Trinajstić information content (AvgIpc) is 1.99. The van der Waals surface area contributed by atoms with Crippen LogP contribution < -0.4 is 0 Å². The number of ketones is 1. The Morgan fingerprint density at radius 1 is 1.67 bits per heavy atom. The Kier molecular flexibility index (Phi) is 2.33. The highest BCUT2D eigenvalue weighted by Crippen LogP contribution is 2.22. The summed E-state index contributed by atoms with van der Waals surface area (Å²) in [5.74, 6) is -0.0825. The van der Waals surface area contributed by atoms with Crippen molar-refractivity contribution in [2.45, 2.75) is 26.4 Å². The van der Waals surface area contributed by atoms with Crippen molar-refractivity contribution in [3.8, 4) is 0 Å². The molecule has 0 aromatic rings. The minimum Gasteiger partial charge on any atom is -0.509 e. The van der Waals surface area contributed by atoms with Gasteiger partial charge in [0.25, 0.3) is 0 Å². The van der Waals surface area contributed by atoms with E-state index in [0.29, 0.717) is 11.1 Å². The standard InChI is InChI=1S/C9H12O3/c1-5-3-7(6(2)10)4-8(11)9(5)12/h3,8,11-12H,4H2,1-2H3. The van der Waals surface area contributed by atoms with Crippen molar-refractivity contribution in [1.82, 2.24) is 0 Å². The van der Waals surface area contributed by atoms with Gasteiger partial charge >= 0.3 is 0 Å². The Balaban J connectivity index is 2.98. The van der Waals surface area contributed by atoms with Gasteiger partial charge in [0, 0.05) is 6.42 Å². The molecule has 0 aromatic heterocycles. The molecule has 1 aliphatic rings. The summed E-state index contributed by atoms with van der Waals surface area (Å²) in [4.78, 5) is 10.9. The van der Waals surface area contributed by atoms with E-state index in [1.54, 1.807) is 13.0 Å². The van der Waals surface area contributed by atoms with Crippen LogP contribution in [-0.4, -0.2) is 22.1 Å². The number of hydrogen-bond donors (Lipinski definition) is 2. The second-order valence-electron chi connectivity index (χ2n) is 3.01. The van der Waals surface area contributed by atoms with Crippen LogP contribution in [0.1, 0.15) is 20.3 Å². The van der Waals surface area contributed by atoms with Crippen LogP contribution in [0, 0.1) is 0 Å². The van der Waals surface area contributed by atoms with Crippen molar-refractivity contribution in [3.05, 3.63) is 23.0 Å². The van der Waals surface area contributed by atoms with Crippen LogP contribution in [0.3, 0.4) is 0 Å². The van der Waals surface area contributed by atoms with Crippen molar-refractivity contribution in [3.63, 3.8) is 0 Å². The second kappa shape index (κ2) is 3.11. The molecular formula is C9H12O3. The van der Waals surface area contributed by atoms with Gasteiger partial charge in [0.05, 0.1) is 0 Å². The highest BCUT2D eigenvalue weighted by Gasteiger charge is 2.21. The van der Waals surface area contributed by atoms with Crippen molar-refractivity contribution >= 4 is 5.78 Å². The van der Waals surface area contributed by atoms with Crippen LogP contribution in [0.15, 0.2) is 23.0 Å². The largest absolute Gasteiger partial charge is 0.509 e. The first-order chi connectivity index (χ1) is 5.52. The third-order valence-corrected chi connectivity index (χ3v) is 1.98. The molecule has 3 heteroatoms. The molecule has 0 amide bonds. The van der Waals surface area contributed by atoms with Crippen LogP contribution in [0.2, 0.25) is 0 Å². The van der Waals surface area contributed by atoms with E-state index in [9.17, 15) is 15.0 Å². The van der Waals surface area contributed by atoms with Gasteiger partial charge in [-0.1, -0.05) is 0 Å². The van der Waals surface area contributed by atoms with Crippen LogP contribution in [0.5, 0.6) is 0 Å². The summed E-state index contributed by atoms with van der Waals surface area (Å²) in [6, 6.07) is 0. The van der Waals surface area contributed by atoms with E-state index in [2.05, 4.69) is 0 Å². The molecule has 0 aromatic carbocycles. The zero-order valence-corrected chi connectivity index (χ0v) is 7.16. The molecule has 0 fully saturated rings. The Hall–Kier alpha value is -1.09. The van der Waals surface area contributed by atoms with Crippen LogP contribution >= 0.6 is 0 Å². The van der Waals surface area contributed by atoms with Gasteiger partial charge in [0.2, 0.25) is 0 Å². The third-order valence-electron chi connectivity index (χ3n) is 1.98. The Labute approximate surface area is 71.0 Å². The monoisotopic (exact) mass is 168 g/mol. The molecule has 3 nitrogen and oxygen atoms in total. The maximum Gasteiger partial charge on any atom is 0.155 e. The molecule has 12 heavy (non-hydrogen) atoms. The number of aliphatic hydroxyl groups excluding tert-OH is 2. The minimum absolute atomic E-state index is 0.0278. The van der Waals surface area contributed by atoms with Gasteiger partial charge in [0.15, 0.2) is 5.78 Å². The number of Topliss-reactive ketones (excluding diaryl/α,β-unsaturated/α-hetero) is 1. The highest BCUT2D eigenvalue weighted by atomic mass is 16.3. The summed E-state index contributed by atoms with van der Waals surface area (Å²) in [5, 5.41) is 18.5. The summed E-state index contributed by atoms with van der Waals surface area (Å²) in [6.45, 7) is 3.12. The average molecular weight is 168 g/mol. The highest BCUT2D eigenvalue weighted by molar-refractivity contribution is 5.94. The molecule has 0 saturated carbocycles. The smallest absolute Gasteiger partial charge is 0.155 e. The summed E-state index contributed by atoms with van der Waals surface area (Å²) >= 11 is 0. The summed E-state index contributed by atoms with van der Waals surface area (Å²) in [5.41, 5.74) is 1.14. The molecule has 0 bridgehead atoms. The van der Waals surface area contributed by atoms with Crippen molar-refractivity contribution in [2.24, 2.45) is 0 Å². The van der Waals surface area contributed by atoms with E-state index in [4.69, 9.17) is 0 Å². The van der Waals surface area contributed by atoms with Crippen LogP contribution in [0.4, 0.5) is 0 Å². The molecule has 0 heterocycles. The molecule has 1 unspecified atom stereocenters. The topological polar surface area (TPSA) is 57.5 Å². The van der Waals surface area contributed by atoms with Gasteiger partial charge in [-0.3, -0.25) is 4.79 Å². The molecule has 0 aliphatic heterocycles. The summed E-state index contributed by atoms with van der Waals surface area (Å²) in [7, 11) is 0. The molecule has 0 radical (unpaired) electrons. The summed E-state index contributed by atoms with van der Waals surface area (Å²) in [6.07, 6.45) is 0.928. The van der Waals surface area contributed by atoms with Gasteiger partial charge in [0.1, 0.15) is 11.9 Å². The fourth-order valence-corrected chi connectivity index (χ4v) is 1.21. The number of hydrogen-bond acceptors (Lipinski definition) is 3. The number of carbonyl (C=O) groups excluding carboxylic acids is 1. The maximum atomic E-state index is 10.9. The van der Waals surface area contributed by atoms with Crippen molar-refractivity contribution < 1.29 is 15.0 Å². The first kappa shape index (κ1) is 9.00. The van der Waals surface area contributed by atoms with Crippen LogP contribution in [-0.2, 0) is 4.79 Å². The number of aliphatic hydroxyl groups is 2. The van der Waals surface area contributed by atoms with E-state index in [0.717, 1.165) is 0 Å². The molecule has 1 aliphatic carbocycles. The van der Waals surface area contributed by atoms with Crippen molar-refractivity contribution in [2.75, 3.05) is 0 Å². The first-order valence-electron chi connectivity index (χ1n) is 3.81. The molecule has 2 N–H and O–H groups in total. The van der Waals surface area contributed by atoms with Gasteiger partial charge in [-0.2, -0.15) is 0 Å². The van der Waals surface area contributed by atoms with Crippen LogP contribution in [0.25, 0.3) is 0 Å². The van der Waals surface area contributed by atoms with Gasteiger partial charge in [-0.15, -0.1) is 0 Å². The van der Waals surface area contributed by atoms with E-state index >= 15 is 0 Å². The SMILES string of the molecule is CC(=O)C1=CC(C)=C(O)C(O)C1. The fourth-order valence-electron chi connectivity index (χ4n) is 1.21. The lowest BCUT2D eigenvalue weighted by atomic mass is 9.94. The predicted octanol–water partition coefficient (Wildman–Crippen LogP) is 1.10. The van der Waals surface area contributed by atoms with Gasteiger partial charge in [-0.25, -0.2) is 0 Å².